The van der Waals surface area contributed by atoms with Gasteiger partial charge in [-0.1, -0.05) is 29.8 Å². The highest BCUT2D eigenvalue weighted by Gasteiger charge is 2.04. The number of hydrogen-bond acceptors (Lipinski definition) is 1. The molecule has 0 heterocycles. The Morgan fingerprint density at radius 2 is 1.95 bits per heavy atom. The Labute approximate surface area is 112 Å². The van der Waals surface area contributed by atoms with Gasteiger partial charge in [-0.15, -0.1) is 0 Å². The quantitative estimate of drug-likeness (QED) is 0.896. The van der Waals surface area contributed by atoms with E-state index < -0.39 is 0 Å². The van der Waals surface area contributed by atoms with Crippen LogP contribution in [0.4, 0.5) is 4.39 Å². The van der Waals surface area contributed by atoms with Crippen molar-refractivity contribution in [2.75, 3.05) is 6.54 Å². The van der Waals surface area contributed by atoms with Crippen LogP contribution in [-0.4, -0.2) is 12.5 Å². The highest BCUT2D eigenvalue weighted by Crippen LogP contribution is 2.05. The van der Waals surface area contributed by atoms with Gasteiger partial charge in [0, 0.05) is 12.1 Å². The third kappa shape index (κ3) is 3.91. The fraction of sp³-hybridized carbons (Fsp3) is 0.188. The molecule has 98 valence electrons. The van der Waals surface area contributed by atoms with Gasteiger partial charge in [0.25, 0.3) is 5.91 Å². The number of halogens is 1. The van der Waals surface area contributed by atoms with Crippen molar-refractivity contribution >= 4 is 5.91 Å². The summed E-state index contributed by atoms with van der Waals surface area (Å²) in [6.45, 7) is 2.44. The SMILES string of the molecule is Cc1cccc(C(=O)NCCc2cccc(F)c2)c1. The van der Waals surface area contributed by atoms with E-state index >= 15 is 0 Å². The molecule has 2 aromatic carbocycles. The number of carbonyl (C=O) groups excluding carboxylic acids is 1. The molecule has 0 unspecified atom stereocenters. The fourth-order valence-corrected chi connectivity index (χ4v) is 1.90. The molecule has 0 saturated heterocycles. The molecular formula is C16H16FNO. The molecular weight excluding hydrogens is 241 g/mol. The Morgan fingerprint density at radius 1 is 1.16 bits per heavy atom. The van der Waals surface area contributed by atoms with Crippen LogP contribution >= 0.6 is 0 Å². The van der Waals surface area contributed by atoms with E-state index in [2.05, 4.69) is 5.32 Å². The van der Waals surface area contributed by atoms with Crippen molar-refractivity contribution < 1.29 is 9.18 Å². The molecule has 0 radical (unpaired) electrons. The van der Waals surface area contributed by atoms with Gasteiger partial charge in [0.2, 0.25) is 0 Å². The first kappa shape index (κ1) is 13.3. The second kappa shape index (κ2) is 6.14. The maximum atomic E-state index is 13.0. The summed E-state index contributed by atoms with van der Waals surface area (Å²) in [7, 11) is 0. The van der Waals surface area contributed by atoms with Gasteiger partial charge in [0.15, 0.2) is 0 Å². The Morgan fingerprint density at radius 3 is 2.68 bits per heavy atom. The van der Waals surface area contributed by atoms with Crippen LogP contribution in [0.3, 0.4) is 0 Å². The van der Waals surface area contributed by atoms with Crippen LogP contribution in [0, 0.1) is 12.7 Å². The number of amides is 1. The first-order valence-electron chi connectivity index (χ1n) is 6.24. The zero-order valence-corrected chi connectivity index (χ0v) is 10.8. The van der Waals surface area contributed by atoms with E-state index in [1.54, 1.807) is 12.1 Å². The lowest BCUT2D eigenvalue weighted by molar-refractivity contribution is 0.0954. The minimum absolute atomic E-state index is 0.0971. The summed E-state index contributed by atoms with van der Waals surface area (Å²) in [5.74, 6) is -0.345. The van der Waals surface area contributed by atoms with Gasteiger partial charge in [0.05, 0.1) is 0 Å². The third-order valence-electron chi connectivity index (χ3n) is 2.87. The molecule has 0 fully saturated rings. The number of hydrogen-bond donors (Lipinski definition) is 1. The Hall–Kier alpha value is -2.16. The van der Waals surface area contributed by atoms with Gasteiger partial charge in [-0.3, -0.25) is 4.79 Å². The lowest BCUT2D eigenvalue weighted by Crippen LogP contribution is -2.25. The summed E-state index contributed by atoms with van der Waals surface area (Å²) < 4.78 is 13.0. The third-order valence-corrected chi connectivity index (χ3v) is 2.87. The van der Waals surface area contributed by atoms with Crippen molar-refractivity contribution in [2.24, 2.45) is 0 Å². The molecule has 1 N–H and O–H groups in total. The smallest absolute Gasteiger partial charge is 0.251 e. The highest BCUT2D eigenvalue weighted by atomic mass is 19.1. The van der Waals surface area contributed by atoms with Crippen molar-refractivity contribution in [3.05, 3.63) is 71.0 Å². The van der Waals surface area contributed by atoms with Crippen LogP contribution in [0.15, 0.2) is 48.5 Å². The summed E-state index contributed by atoms with van der Waals surface area (Å²) in [6.07, 6.45) is 0.620. The molecule has 3 heteroatoms. The first-order valence-corrected chi connectivity index (χ1v) is 6.24. The molecule has 0 bridgehead atoms. The van der Waals surface area contributed by atoms with Crippen molar-refractivity contribution in [3.63, 3.8) is 0 Å². The topological polar surface area (TPSA) is 29.1 Å². The summed E-state index contributed by atoms with van der Waals surface area (Å²) in [5.41, 5.74) is 2.58. The maximum Gasteiger partial charge on any atom is 0.251 e. The highest BCUT2D eigenvalue weighted by molar-refractivity contribution is 5.94. The molecule has 0 spiro atoms. The Balaban J connectivity index is 1.87. The largest absolute Gasteiger partial charge is 0.352 e. The van der Waals surface area contributed by atoms with Gasteiger partial charge in [0.1, 0.15) is 5.82 Å². The number of carbonyl (C=O) groups is 1. The van der Waals surface area contributed by atoms with E-state index in [1.165, 1.54) is 12.1 Å². The maximum absolute atomic E-state index is 13.0. The minimum atomic E-state index is -0.248. The lowest BCUT2D eigenvalue weighted by atomic mass is 10.1. The van der Waals surface area contributed by atoms with Gasteiger partial charge >= 0.3 is 0 Å². The zero-order chi connectivity index (χ0) is 13.7. The number of aryl methyl sites for hydroxylation is 1. The predicted molar refractivity (Wildman–Crippen MR) is 73.6 cm³/mol. The van der Waals surface area contributed by atoms with Crippen molar-refractivity contribution in [3.8, 4) is 0 Å². The van der Waals surface area contributed by atoms with Crippen LogP contribution in [-0.2, 0) is 6.42 Å². The lowest BCUT2D eigenvalue weighted by Gasteiger charge is -2.06. The van der Waals surface area contributed by atoms with Gasteiger partial charge in [-0.05, 0) is 43.2 Å². The molecule has 0 atom stereocenters. The summed E-state index contributed by atoms with van der Waals surface area (Å²) in [6, 6.07) is 13.9. The van der Waals surface area contributed by atoms with E-state index in [0.717, 1.165) is 11.1 Å². The summed E-state index contributed by atoms with van der Waals surface area (Å²) in [5, 5.41) is 2.83. The normalized spacial score (nSPS) is 10.2. The Bertz CT molecular complexity index is 580. The molecule has 19 heavy (non-hydrogen) atoms. The molecule has 2 nitrogen and oxygen atoms in total. The molecule has 0 aliphatic rings. The van der Waals surface area contributed by atoms with Crippen LogP contribution in [0.2, 0.25) is 0 Å². The number of rotatable bonds is 4. The minimum Gasteiger partial charge on any atom is -0.352 e. The van der Waals surface area contributed by atoms with Gasteiger partial charge in [-0.2, -0.15) is 0 Å². The molecule has 0 aromatic heterocycles. The van der Waals surface area contributed by atoms with Crippen LogP contribution < -0.4 is 5.32 Å². The number of nitrogens with one attached hydrogen (secondary N) is 1. The summed E-state index contributed by atoms with van der Waals surface area (Å²) in [4.78, 5) is 11.9. The fourth-order valence-electron chi connectivity index (χ4n) is 1.90. The van der Waals surface area contributed by atoms with Crippen LogP contribution in [0.1, 0.15) is 21.5 Å². The van der Waals surface area contributed by atoms with Gasteiger partial charge < -0.3 is 5.32 Å². The Kier molecular flexibility index (Phi) is 4.29. The van der Waals surface area contributed by atoms with E-state index in [1.807, 2.05) is 31.2 Å². The van der Waals surface area contributed by atoms with E-state index in [9.17, 15) is 9.18 Å². The molecule has 1 amide bonds. The molecule has 0 aliphatic carbocycles. The van der Waals surface area contributed by atoms with Crippen molar-refractivity contribution in [1.29, 1.82) is 0 Å². The zero-order valence-electron chi connectivity index (χ0n) is 10.8. The second-order valence-electron chi connectivity index (χ2n) is 4.51. The average molecular weight is 257 g/mol. The van der Waals surface area contributed by atoms with E-state index in [-0.39, 0.29) is 11.7 Å². The van der Waals surface area contributed by atoms with Crippen LogP contribution in [0.5, 0.6) is 0 Å². The predicted octanol–water partition coefficient (Wildman–Crippen LogP) is 3.11. The summed E-state index contributed by atoms with van der Waals surface area (Å²) >= 11 is 0. The van der Waals surface area contributed by atoms with E-state index in [4.69, 9.17) is 0 Å². The number of benzene rings is 2. The average Bonchev–Trinajstić information content (AvgIpc) is 2.38. The second-order valence-corrected chi connectivity index (χ2v) is 4.51. The molecule has 2 rings (SSSR count). The van der Waals surface area contributed by atoms with Crippen molar-refractivity contribution in [1.82, 2.24) is 5.32 Å². The van der Waals surface area contributed by atoms with E-state index in [0.29, 0.717) is 18.5 Å². The molecule has 2 aromatic rings. The monoisotopic (exact) mass is 257 g/mol. The molecule has 0 aliphatic heterocycles. The van der Waals surface area contributed by atoms with Gasteiger partial charge in [-0.25, -0.2) is 4.39 Å². The standard InChI is InChI=1S/C16H16FNO/c1-12-4-2-6-14(10-12)16(19)18-9-8-13-5-3-7-15(17)11-13/h2-7,10-11H,8-9H2,1H3,(H,18,19). The first-order chi connectivity index (χ1) is 9.15. The van der Waals surface area contributed by atoms with Crippen molar-refractivity contribution in [2.45, 2.75) is 13.3 Å². The molecule has 0 saturated carbocycles. The van der Waals surface area contributed by atoms with Crippen LogP contribution in [0.25, 0.3) is 0 Å².